The van der Waals surface area contributed by atoms with Crippen LogP contribution in [0.2, 0.25) is 0 Å². The zero-order valence-electron chi connectivity index (χ0n) is 14.1. The molecule has 0 amide bonds. The van der Waals surface area contributed by atoms with Gasteiger partial charge in [0.1, 0.15) is 5.75 Å². The molecule has 0 aliphatic carbocycles. The van der Waals surface area contributed by atoms with Crippen LogP contribution >= 0.6 is 0 Å². The Morgan fingerprint density at radius 3 is 2.84 bits per heavy atom. The molecule has 0 unspecified atom stereocenters. The molecule has 1 aliphatic rings. The Bertz CT molecular complexity index is 762. The van der Waals surface area contributed by atoms with Gasteiger partial charge in [-0.25, -0.2) is 13.1 Å². The van der Waals surface area contributed by atoms with Crippen molar-refractivity contribution in [3.05, 3.63) is 36.5 Å². The maximum atomic E-state index is 12.4. The first-order chi connectivity index (χ1) is 12.1. The molecule has 1 N–H and O–H groups in total. The number of benzene rings is 1. The second-order valence-electron chi connectivity index (χ2n) is 6.12. The first-order valence-corrected chi connectivity index (χ1v) is 9.66. The van der Waals surface area contributed by atoms with Crippen LogP contribution < -0.4 is 9.46 Å². The number of sulfonamides is 1. The lowest BCUT2D eigenvalue weighted by atomic mass is 9.98. The van der Waals surface area contributed by atoms with E-state index in [2.05, 4.69) is 19.8 Å². The summed E-state index contributed by atoms with van der Waals surface area (Å²) in [5, 5.41) is 3.82. The van der Waals surface area contributed by atoms with Crippen LogP contribution in [-0.4, -0.2) is 50.2 Å². The molecule has 0 bridgehead atoms. The quantitative estimate of drug-likeness (QED) is 0.788. The molecule has 1 saturated heterocycles. The maximum absolute atomic E-state index is 12.4. The van der Waals surface area contributed by atoms with E-state index in [9.17, 15) is 8.42 Å². The number of hydrogen-bond acceptors (Lipinski definition) is 7. The van der Waals surface area contributed by atoms with Crippen LogP contribution in [0.1, 0.15) is 18.7 Å². The third kappa shape index (κ3) is 4.77. The highest BCUT2D eigenvalue weighted by Gasteiger charge is 2.23. The highest BCUT2D eigenvalue weighted by atomic mass is 32.2. The second kappa shape index (κ2) is 7.94. The Morgan fingerprint density at radius 2 is 2.16 bits per heavy atom. The van der Waals surface area contributed by atoms with Crippen LogP contribution in [0.15, 0.2) is 40.1 Å². The smallest absolute Gasteiger partial charge is 0.240 e. The largest absolute Gasteiger partial charge is 0.497 e. The lowest BCUT2D eigenvalue weighted by Gasteiger charge is -2.31. The molecule has 136 valence electrons. The van der Waals surface area contributed by atoms with Gasteiger partial charge >= 0.3 is 0 Å². The van der Waals surface area contributed by atoms with Gasteiger partial charge in [-0.1, -0.05) is 5.16 Å². The molecule has 25 heavy (non-hydrogen) atoms. The monoisotopic (exact) mass is 366 g/mol. The van der Waals surface area contributed by atoms with E-state index in [0.717, 1.165) is 25.9 Å². The second-order valence-corrected chi connectivity index (χ2v) is 7.89. The van der Waals surface area contributed by atoms with E-state index >= 15 is 0 Å². The van der Waals surface area contributed by atoms with Gasteiger partial charge < -0.3 is 9.26 Å². The van der Waals surface area contributed by atoms with Crippen LogP contribution in [0.5, 0.6) is 5.75 Å². The van der Waals surface area contributed by atoms with E-state index in [1.165, 1.54) is 6.39 Å². The van der Waals surface area contributed by atoms with Gasteiger partial charge in [0.2, 0.25) is 16.4 Å². The van der Waals surface area contributed by atoms with Crippen LogP contribution in [0.25, 0.3) is 0 Å². The highest BCUT2D eigenvalue weighted by Crippen LogP contribution is 2.19. The predicted octanol–water partition coefficient (Wildman–Crippen LogP) is 1.27. The lowest BCUT2D eigenvalue weighted by molar-refractivity contribution is 0.164. The number of nitrogens with one attached hydrogen (secondary N) is 1. The third-order valence-corrected chi connectivity index (χ3v) is 5.75. The van der Waals surface area contributed by atoms with Gasteiger partial charge in [0.25, 0.3) is 0 Å². The third-order valence-electron chi connectivity index (χ3n) is 4.31. The predicted molar refractivity (Wildman–Crippen MR) is 90.5 cm³/mol. The maximum Gasteiger partial charge on any atom is 0.240 e. The first kappa shape index (κ1) is 17.8. The SMILES string of the molecule is COc1ccc(S(=O)(=O)NC[C@@H]2CCCN(Cc3ncon3)C2)cc1. The minimum atomic E-state index is -3.52. The van der Waals surface area contributed by atoms with Crippen molar-refractivity contribution < 1.29 is 17.7 Å². The zero-order chi connectivity index (χ0) is 17.7. The number of ether oxygens (including phenoxy) is 1. The summed E-state index contributed by atoms with van der Waals surface area (Å²) in [4.78, 5) is 6.50. The molecule has 3 rings (SSSR count). The summed E-state index contributed by atoms with van der Waals surface area (Å²) in [6.07, 6.45) is 3.33. The van der Waals surface area contributed by atoms with Crippen molar-refractivity contribution in [2.45, 2.75) is 24.3 Å². The number of likely N-dealkylation sites (tertiary alicyclic amines) is 1. The Balaban J connectivity index is 1.54. The van der Waals surface area contributed by atoms with Gasteiger partial charge in [0.05, 0.1) is 18.6 Å². The molecule has 2 aromatic rings. The van der Waals surface area contributed by atoms with Crippen LogP contribution in [-0.2, 0) is 16.6 Å². The minimum absolute atomic E-state index is 0.243. The Kier molecular flexibility index (Phi) is 5.67. The molecule has 1 aromatic heterocycles. The molecular formula is C16H22N4O4S. The van der Waals surface area contributed by atoms with Gasteiger partial charge in [0.15, 0.2) is 5.82 Å². The molecule has 1 aromatic carbocycles. The molecular weight excluding hydrogens is 344 g/mol. The lowest BCUT2D eigenvalue weighted by Crippen LogP contribution is -2.40. The molecule has 1 atom stereocenters. The van der Waals surface area contributed by atoms with Gasteiger partial charge in [-0.15, -0.1) is 0 Å². The molecule has 9 heteroatoms. The summed E-state index contributed by atoms with van der Waals surface area (Å²) in [5.41, 5.74) is 0. The average molecular weight is 366 g/mol. The van der Waals surface area contributed by atoms with Crippen molar-refractivity contribution in [1.29, 1.82) is 0 Å². The van der Waals surface area contributed by atoms with E-state index < -0.39 is 10.0 Å². The van der Waals surface area contributed by atoms with Crippen molar-refractivity contribution in [2.75, 3.05) is 26.7 Å². The summed E-state index contributed by atoms with van der Waals surface area (Å²) >= 11 is 0. The van der Waals surface area contributed by atoms with Crippen LogP contribution in [0.4, 0.5) is 0 Å². The zero-order valence-corrected chi connectivity index (χ0v) is 14.9. The van der Waals surface area contributed by atoms with Crippen molar-refractivity contribution in [2.24, 2.45) is 5.92 Å². The fraction of sp³-hybridized carbons (Fsp3) is 0.500. The van der Waals surface area contributed by atoms with E-state index in [-0.39, 0.29) is 10.8 Å². The van der Waals surface area contributed by atoms with Crippen molar-refractivity contribution in [3.8, 4) is 5.75 Å². The van der Waals surface area contributed by atoms with Gasteiger partial charge in [-0.2, -0.15) is 4.98 Å². The van der Waals surface area contributed by atoms with Crippen LogP contribution in [0, 0.1) is 5.92 Å². The molecule has 1 fully saturated rings. The summed E-state index contributed by atoms with van der Waals surface area (Å²) in [7, 11) is -1.97. The van der Waals surface area contributed by atoms with E-state index in [4.69, 9.17) is 9.26 Å². The van der Waals surface area contributed by atoms with Gasteiger partial charge in [-0.3, -0.25) is 4.90 Å². The van der Waals surface area contributed by atoms with Gasteiger partial charge in [-0.05, 0) is 49.6 Å². The first-order valence-electron chi connectivity index (χ1n) is 8.18. The molecule has 0 saturated carbocycles. The van der Waals surface area contributed by atoms with Gasteiger partial charge in [0, 0.05) is 13.1 Å². The Morgan fingerprint density at radius 1 is 1.36 bits per heavy atom. The summed E-state index contributed by atoms with van der Waals surface area (Å²) in [6.45, 7) is 2.80. The molecule has 1 aliphatic heterocycles. The molecule has 8 nitrogen and oxygen atoms in total. The molecule has 2 heterocycles. The Hall–Kier alpha value is -1.97. The highest BCUT2D eigenvalue weighted by molar-refractivity contribution is 7.89. The number of aromatic nitrogens is 2. The summed E-state index contributed by atoms with van der Waals surface area (Å²) < 4.78 is 37.4. The normalized spacial score (nSPS) is 19.0. The minimum Gasteiger partial charge on any atom is -0.497 e. The molecule has 0 spiro atoms. The number of methoxy groups -OCH3 is 1. The number of piperidine rings is 1. The van der Waals surface area contributed by atoms with Crippen molar-refractivity contribution in [1.82, 2.24) is 19.8 Å². The van der Waals surface area contributed by atoms with E-state index in [0.29, 0.717) is 24.7 Å². The van der Waals surface area contributed by atoms with E-state index in [1.54, 1.807) is 31.4 Å². The number of rotatable bonds is 7. The summed E-state index contributed by atoms with van der Waals surface area (Å²) in [5.74, 6) is 1.54. The Labute approximate surface area is 147 Å². The molecule has 0 radical (unpaired) electrons. The average Bonchev–Trinajstić information content (AvgIpc) is 3.13. The fourth-order valence-corrected chi connectivity index (χ4v) is 4.11. The van der Waals surface area contributed by atoms with Crippen molar-refractivity contribution >= 4 is 10.0 Å². The standard InChI is InChI=1S/C16H22N4O4S/c1-23-14-4-6-15(7-5-14)25(21,22)18-9-13-3-2-8-20(10-13)11-16-17-12-24-19-16/h4-7,12-13,18H,2-3,8-11H2,1H3/t13-/m0/s1. The number of nitrogens with zero attached hydrogens (tertiary/aromatic N) is 3. The topological polar surface area (TPSA) is 97.6 Å². The number of hydrogen-bond donors (Lipinski definition) is 1. The fourth-order valence-electron chi connectivity index (χ4n) is 2.99. The van der Waals surface area contributed by atoms with E-state index in [1.807, 2.05) is 0 Å². The van der Waals surface area contributed by atoms with Crippen LogP contribution in [0.3, 0.4) is 0 Å². The van der Waals surface area contributed by atoms with Crippen molar-refractivity contribution in [3.63, 3.8) is 0 Å². The summed E-state index contributed by atoms with van der Waals surface area (Å²) in [6, 6.07) is 6.37.